The number of hydrogen-bond acceptors (Lipinski definition) is 3. The summed E-state index contributed by atoms with van der Waals surface area (Å²) in [7, 11) is 4.35. The van der Waals surface area contributed by atoms with E-state index in [2.05, 4.69) is 30.0 Å². The molecule has 1 aliphatic rings. The molecular formula is C15H24N4. The average Bonchev–Trinajstić information content (AvgIpc) is 2.75. The zero-order chi connectivity index (χ0) is 13.8. The first-order valence-electron chi connectivity index (χ1n) is 6.89. The molecule has 0 aliphatic carbocycles. The molecule has 0 saturated carbocycles. The lowest BCUT2D eigenvalue weighted by Gasteiger charge is -2.26. The zero-order valence-electron chi connectivity index (χ0n) is 11.9. The van der Waals surface area contributed by atoms with Crippen molar-refractivity contribution in [2.45, 2.75) is 25.4 Å². The number of rotatable bonds is 5. The fourth-order valence-corrected chi connectivity index (χ4v) is 2.85. The fraction of sp³-hybridized carbons (Fsp3) is 0.533. The van der Waals surface area contributed by atoms with Crippen LogP contribution in [0.1, 0.15) is 24.0 Å². The molecule has 19 heavy (non-hydrogen) atoms. The predicted octanol–water partition coefficient (Wildman–Crippen LogP) is 1.50. The molecule has 1 heterocycles. The van der Waals surface area contributed by atoms with Gasteiger partial charge in [0, 0.05) is 24.7 Å². The van der Waals surface area contributed by atoms with Crippen molar-refractivity contribution >= 4 is 5.84 Å². The molecule has 4 heteroatoms. The third-order valence-electron chi connectivity index (χ3n) is 3.94. The van der Waals surface area contributed by atoms with Gasteiger partial charge in [0.1, 0.15) is 5.84 Å². The molecule has 2 rings (SSSR count). The number of amidine groups is 1. The molecule has 1 atom stereocenters. The molecule has 4 nitrogen and oxygen atoms in total. The van der Waals surface area contributed by atoms with Crippen molar-refractivity contribution < 1.29 is 0 Å². The SMILES string of the molecule is CN(Cc1ccccc1C(=N)N)CC1CCCN1C. The molecule has 0 aromatic heterocycles. The van der Waals surface area contributed by atoms with Gasteiger partial charge in [-0.15, -0.1) is 0 Å². The molecule has 0 bridgehead atoms. The molecule has 0 amide bonds. The van der Waals surface area contributed by atoms with Crippen LogP contribution in [0.3, 0.4) is 0 Å². The Balaban J connectivity index is 1.98. The summed E-state index contributed by atoms with van der Waals surface area (Å²) in [6.45, 7) is 3.13. The van der Waals surface area contributed by atoms with Crippen molar-refractivity contribution in [3.8, 4) is 0 Å². The molecule has 1 saturated heterocycles. The first kappa shape index (κ1) is 14.0. The van der Waals surface area contributed by atoms with Crippen molar-refractivity contribution in [2.24, 2.45) is 5.73 Å². The fourth-order valence-electron chi connectivity index (χ4n) is 2.85. The maximum atomic E-state index is 7.63. The van der Waals surface area contributed by atoms with E-state index in [4.69, 9.17) is 11.1 Å². The number of likely N-dealkylation sites (tertiary alicyclic amines) is 1. The molecule has 1 unspecified atom stereocenters. The molecular weight excluding hydrogens is 236 g/mol. The monoisotopic (exact) mass is 260 g/mol. The molecule has 0 spiro atoms. The topological polar surface area (TPSA) is 56.4 Å². The lowest BCUT2D eigenvalue weighted by molar-refractivity contribution is 0.215. The van der Waals surface area contributed by atoms with Gasteiger partial charge >= 0.3 is 0 Å². The van der Waals surface area contributed by atoms with Crippen LogP contribution in [0.2, 0.25) is 0 Å². The highest BCUT2D eigenvalue weighted by molar-refractivity contribution is 5.96. The van der Waals surface area contributed by atoms with E-state index in [0.717, 1.165) is 24.2 Å². The van der Waals surface area contributed by atoms with Crippen LogP contribution in [-0.4, -0.2) is 48.9 Å². The van der Waals surface area contributed by atoms with Crippen molar-refractivity contribution in [1.29, 1.82) is 5.41 Å². The third-order valence-corrected chi connectivity index (χ3v) is 3.94. The number of nitrogens with one attached hydrogen (secondary N) is 1. The van der Waals surface area contributed by atoms with E-state index in [0.29, 0.717) is 6.04 Å². The van der Waals surface area contributed by atoms with E-state index in [1.165, 1.54) is 19.4 Å². The summed E-state index contributed by atoms with van der Waals surface area (Å²) in [5, 5.41) is 7.63. The standard InChI is InChI=1S/C15H24N4/c1-18(11-13-7-5-9-19(13)2)10-12-6-3-4-8-14(12)15(16)17/h3-4,6,8,13H,5,7,9-11H2,1-2H3,(H3,16,17). The maximum absolute atomic E-state index is 7.63. The number of nitrogens with two attached hydrogens (primary N) is 1. The Morgan fingerprint density at radius 2 is 2.21 bits per heavy atom. The number of nitrogen functional groups attached to an aromatic ring is 1. The minimum absolute atomic E-state index is 0.155. The van der Waals surface area contributed by atoms with Gasteiger partial charge < -0.3 is 15.5 Å². The minimum Gasteiger partial charge on any atom is -0.384 e. The molecule has 0 radical (unpaired) electrons. The Bertz CT molecular complexity index is 444. The largest absolute Gasteiger partial charge is 0.384 e. The van der Waals surface area contributed by atoms with Gasteiger partial charge in [-0.3, -0.25) is 5.41 Å². The minimum atomic E-state index is 0.155. The van der Waals surface area contributed by atoms with E-state index in [-0.39, 0.29) is 5.84 Å². The van der Waals surface area contributed by atoms with Crippen molar-refractivity contribution in [1.82, 2.24) is 9.80 Å². The summed E-state index contributed by atoms with van der Waals surface area (Å²) in [6, 6.07) is 8.59. The van der Waals surface area contributed by atoms with Gasteiger partial charge in [-0.2, -0.15) is 0 Å². The lowest BCUT2D eigenvalue weighted by Crippen LogP contribution is -2.36. The summed E-state index contributed by atoms with van der Waals surface area (Å²) < 4.78 is 0. The van der Waals surface area contributed by atoms with Crippen molar-refractivity contribution in [3.63, 3.8) is 0 Å². The number of benzene rings is 1. The second-order valence-electron chi connectivity index (χ2n) is 5.54. The summed E-state index contributed by atoms with van der Waals surface area (Å²) >= 11 is 0. The Labute approximate surface area is 115 Å². The van der Waals surface area contributed by atoms with Crippen LogP contribution < -0.4 is 5.73 Å². The first-order chi connectivity index (χ1) is 9.08. The van der Waals surface area contributed by atoms with E-state index in [1.807, 2.05) is 18.2 Å². The quantitative estimate of drug-likeness (QED) is 0.623. The highest BCUT2D eigenvalue weighted by Gasteiger charge is 2.22. The van der Waals surface area contributed by atoms with Gasteiger partial charge in [-0.25, -0.2) is 0 Å². The summed E-state index contributed by atoms with van der Waals surface area (Å²) in [5.74, 6) is 0.155. The smallest absolute Gasteiger partial charge is 0.123 e. The zero-order valence-corrected chi connectivity index (χ0v) is 11.9. The number of nitrogens with zero attached hydrogens (tertiary/aromatic N) is 2. The van der Waals surface area contributed by atoms with Crippen LogP contribution in [0, 0.1) is 5.41 Å². The van der Waals surface area contributed by atoms with Gasteiger partial charge in [0.2, 0.25) is 0 Å². The van der Waals surface area contributed by atoms with Crippen LogP contribution in [0.5, 0.6) is 0 Å². The van der Waals surface area contributed by atoms with Gasteiger partial charge in [0.25, 0.3) is 0 Å². The van der Waals surface area contributed by atoms with Crippen LogP contribution in [0.25, 0.3) is 0 Å². The third kappa shape index (κ3) is 3.55. The Kier molecular flexibility index (Phi) is 4.56. The van der Waals surface area contributed by atoms with Crippen LogP contribution >= 0.6 is 0 Å². The average molecular weight is 260 g/mol. The highest BCUT2D eigenvalue weighted by atomic mass is 15.2. The van der Waals surface area contributed by atoms with Crippen LogP contribution in [0.15, 0.2) is 24.3 Å². The number of likely N-dealkylation sites (N-methyl/N-ethyl adjacent to an activating group) is 2. The summed E-state index contributed by atoms with van der Waals surface area (Å²) in [6.07, 6.45) is 2.59. The predicted molar refractivity (Wildman–Crippen MR) is 79.4 cm³/mol. The van der Waals surface area contributed by atoms with Gasteiger partial charge in [-0.05, 0) is 39.0 Å². The Hall–Kier alpha value is -1.39. The van der Waals surface area contributed by atoms with E-state index < -0.39 is 0 Å². The van der Waals surface area contributed by atoms with E-state index in [9.17, 15) is 0 Å². The van der Waals surface area contributed by atoms with Crippen LogP contribution in [0.4, 0.5) is 0 Å². The van der Waals surface area contributed by atoms with E-state index >= 15 is 0 Å². The van der Waals surface area contributed by atoms with Crippen LogP contribution in [-0.2, 0) is 6.54 Å². The first-order valence-corrected chi connectivity index (χ1v) is 6.89. The molecule has 1 aliphatic heterocycles. The molecule has 1 aromatic carbocycles. The molecule has 1 aromatic rings. The van der Waals surface area contributed by atoms with E-state index in [1.54, 1.807) is 0 Å². The Morgan fingerprint density at radius 1 is 1.47 bits per heavy atom. The summed E-state index contributed by atoms with van der Waals surface area (Å²) in [4.78, 5) is 4.77. The second-order valence-corrected chi connectivity index (χ2v) is 5.54. The summed E-state index contributed by atoms with van der Waals surface area (Å²) in [5.41, 5.74) is 7.63. The molecule has 1 fully saturated rings. The Morgan fingerprint density at radius 3 is 2.84 bits per heavy atom. The number of hydrogen-bond donors (Lipinski definition) is 2. The normalized spacial score (nSPS) is 20.1. The molecule has 3 N–H and O–H groups in total. The lowest BCUT2D eigenvalue weighted by atomic mass is 10.1. The van der Waals surface area contributed by atoms with Gasteiger partial charge in [0.15, 0.2) is 0 Å². The second kappa shape index (κ2) is 6.17. The van der Waals surface area contributed by atoms with Gasteiger partial charge in [-0.1, -0.05) is 24.3 Å². The van der Waals surface area contributed by atoms with Crippen molar-refractivity contribution in [3.05, 3.63) is 35.4 Å². The highest BCUT2D eigenvalue weighted by Crippen LogP contribution is 2.17. The maximum Gasteiger partial charge on any atom is 0.123 e. The molecule has 104 valence electrons. The van der Waals surface area contributed by atoms with Gasteiger partial charge in [0.05, 0.1) is 0 Å². The van der Waals surface area contributed by atoms with Crippen molar-refractivity contribution in [2.75, 3.05) is 27.2 Å².